The second kappa shape index (κ2) is 7.71. The standard InChI is InChI=1S/C16H21NO2S2/c1-11(2)8-20-9-12-10-21-16(17-12)14-6-5-13(18-3)7-15(14)19-4/h5-7,10-11H,8-9H2,1-4H3. The molecule has 0 spiro atoms. The highest BCUT2D eigenvalue weighted by molar-refractivity contribution is 7.98. The smallest absolute Gasteiger partial charge is 0.132 e. The van der Waals surface area contributed by atoms with Crippen molar-refractivity contribution in [2.75, 3.05) is 20.0 Å². The van der Waals surface area contributed by atoms with Crippen LogP contribution in [0, 0.1) is 5.92 Å². The molecular formula is C16H21NO2S2. The first-order valence-electron chi connectivity index (χ1n) is 6.88. The van der Waals surface area contributed by atoms with Gasteiger partial charge in [-0.3, -0.25) is 0 Å². The second-order valence-corrected chi connectivity index (χ2v) is 7.01. The van der Waals surface area contributed by atoms with Crippen molar-refractivity contribution < 1.29 is 9.47 Å². The summed E-state index contributed by atoms with van der Waals surface area (Å²) < 4.78 is 10.7. The molecule has 1 aromatic heterocycles. The van der Waals surface area contributed by atoms with E-state index in [2.05, 4.69) is 19.2 Å². The van der Waals surface area contributed by atoms with E-state index in [9.17, 15) is 0 Å². The summed E-state index contributed by atoms with van der Waals surface area (Å²) in [5.74, 6) is 4.44. The molecule has 2 rings (SSSR count). The molecular weight excluding hydrogens is 302 g/mol. The average Bonchev–Trinajstić information content (AvgIpc) is 2.94. The molecule has 0 bridgehead atoms. The number of hydrogen-bond acceptors (Lipinski definition) is 5. The quantitative estimate of drug-likeness (QED) is 0.738. The van der Waals surface area contributed by atoms with Crippen LogP contribution in [0.5, 0.6) is 11.5 Å². The van der Waals surface area contributed by atoms with Crippen molar-refractivity contribution in [3.63, 3.8) is 0 Å². The third-order valence-electron chi connectivity index (χ3n) is 2.89. The van der Waals surface area contributed by atoms with Gasteiger partial charge in [-0.05, 0) is 23.8 Å². The summed E-state index contributed by atoms with van der Waals surface area (Å²) in [6.45, 7) is 4.48. The van der Waals surface area contributed by atoms with Crippen molar-refractivity contribution in [1.29, 1.82) is 0 Å². The molecule has 0 atom stereocenters. The molecule has 0 aliphatic carbocycles. The molecule has 3 nitrogen and oxygen atoms in total. The molecule has 0 unspecified atom stereocenters. The van der Waals surface area contributed by atoms with E-state index in [4.69, 9.17) is 14.5 Å². The Hall–Kier alpha value is -1.20. The first-order chi connectivity index (χ1) is 10.1. The highest BCUT2D eigenvalue weighted by atomic mass is 32.2. The summed E-state index contributed by atoms with van der Waals surface area (Å²) in [6.07, 6.45) is 0. The van der Waals surface area contributed by atoms with Gasteiger partial charge in [0, 0.05) is 17.2 Å². The van der Waals surface area contributed by atoms with Gasteiger partial charge in [0.1, 0.15) is 16.5 Å². The Morgan fingerprint density at radius 2 is 2.05 bits per heavy atom. The van der Waals surface area contributed by atoms with E-state index in [1.165, 1.54) is 5.75 Å². The van der Waals surface area contributed by atoms with Crippen LogP contribution in [0.3, 0.4) is 0 Å². The summed E-state index contributed by atoms with van der Waals surface area (Å²) in [5.41, 5.74) is 2.15. The van der Waals surface area contributed by atoms with Crippen LogP contribution in [-0.4, -0.2) is 25.0 Å². The van der Waals surface area contributed by atoms with Crippen LogP contribution in [0.4, 0.5) is 0 Å². The predicted molar refractivity (Wildman–Crippen MR) is 91.7 cm³/mol. The monoisotopic (exact) mass is 323 g/mol. The van der Waals surface area contributed by atoms with Crippen LogP contribution < -0.4 is 9.47 Å². The molecule has 114 valence electrons. The topological polar surface area (TPSA) is 31.4 Å². The minimum Gasteiger partial charge on any atom is -0.497 e. The highest BCUT2D eigenvalue weighted by Gasteiger charge is 2.11. The van der Waals surface area contributed by atoms with E-state index in [-0.39, 0.29) is 0 Å². The van der Waals surface area contributed by atoms with Crippen LogP contribution in [-0.2, 0) is 5.75 Å². The molecule has 0 aliphatic rings. The van der Waals surface area contributed by atoms with Gasteiger partial charge in [-0.15, -0.1) is 11.3 Å². The van der Waals surface area contributed by atoms with E-state index in [0.717, 1.165) is 39.4 Å². The number of benzene rings is 1. The van der Waals surface area contributed by atoms with Gasteiger partial charge < -0.3 is 9.47 Å². The molecule has 0 saturated heterocycles. The Balaban J connectivity index is 2.13. The Kier molecular flexibility index (Phi) is 5.94. The lowest BCUT2D eigenvalue weighted by atomic mass is 10.2. The van der Waals surface area contributed by atoms with Crippen LogP contribution in [0.25, 0.3) is 10.6 Å². The first-order valence-corrected chi connectivity index (χ1v) is 8.92. The largest absolute Gasteiger partial charge is 0.497 e. The maximum atomic E-state index is 5.45. The lowest BCUT2D eigenvalue weighted by Crippen LogP contribution is -1.92. The van der Waals surface area contributed by atoms with Crippen molar-refractivity contribution in [3.8, 4) is 22.1 Å². The number of hydrogen-bond donors (Lipinski definition) is 0. The van der Waals surface area contributed by atoms with E-state index in [1.54, 1.807) is 25.6 Å². The number of rotatable bonds is 7. The number of nitrogens with zero attached hydrogens (tertiary/aromatic N) is 1. The minimum absolute atomic E-state index is 0.717. The first kappa shape index (κ1) is 16.2. The van der Waals surface area contributed by atoms with Crippen molar-refractivity contribution in [3.05, 3.63) is 29.3 Å². The molecule has 1 aromatic carbocycles. The van der Waals surface area contributed by atoms with E-state index >= 15 is 0 Å². The van der Waals surface area contributed by atoms with Gasteiger partial charge in [0.2, 0.25) is 0 Å². The third-order valence-corrected chi connectivity index (χ3v) is 5.22. The summed E-state index contributed by atoms with van der Waals surface area (Å²) in [6, 6.07) is 5.83. The van der Waals surface area contributed by atoms with Gasteiger partial charge in [-0.2, -0.15) is 11.8 Å². The third kappa shape index (κ3) is 4.38. The molecule has 1 heterocycles. The zero-order valence-electron chi connectivity index (χ0n) is 12.9. The minimum atomic E-state index is 0.717. The summed E-state index contributed by atoms with van der Waals surface area (Å²) >= 11 is 3.59. The fraction of sp³-hybridized carbons (Fsp3) is 0.438. The van der Waals surface area contributed by atoms with Crippen LogP contribution in [0.15, 0.2) is 23.6 Å². The molecule has 0 amide bonds. The SMILES string of the molecule is COc1ccc(-c2nc(CSCC(C)C)cs2)c(OC)c1. The van der Waals surface area contributed by atoms with Crippen molar-refractivity contribution in [2.45, 2.75) is 19.6 Å². The van der Waals surface area contributed by atoms with Crippen molar-refractivity contribution >= 4 is 23.1 Å². The zero-order chi connectivity index (χ0) is 15.2. The van der Waals surface area contributed by atoms with Crippen LogP contribution in [0.1, 0.15) is 19.5 Å². The molecule has 0 fully saturated rings. The van der Waals surface area contributed by atoms with Gasteiger partial charge in [0.15, 0.2) is 0 Å². The van der Waals surface area contributed by atoms with E-state index in [0.29, 0.717) is 0 Å². The fourth-order valence-electron chi connectivity index (χ4n) is 1.87. The van der Waals surface area contributed by atoms with Crippen molar-refractivity contribution in [2.24, 2.45) is 5.92 Å². The molecule has 0 radical (unpaired) electrons. The van der Waals surface area contributed by atoms with Gasteiger partial charge in [0.05, 0.1) is 25.5 Å². The average molecular weight is 323 g/mol. The number of methoxy groups -OCH3 is 2. The maximum Gasteiger partial charge on any atom is 0.132 e. The number of aromatic nitrogens is 1. The Morgan fingerprint density at radius 3 is 2.71 bits per heavy atom. The van der Waals surface area contributed by atoms with E-state index < -0.39 is 0 Å². The lowest BCUT2D eigenvalue weighted by molar-refractivity contribution is 0.395. The molecule has 2 aromatic rings. The predicted octanol–water partition coefficient (Wildman–Crippen LogP) is 4.72. The van der Waals surface area contributed by atoms with Crippen LogP contribution >= 0.6 is 23.1 Å². The molecule has 21 heavy (non-hydrogen) atoms. The zero-order valence-corrected chi connectivity index (χ0v) is 14.5. The van der Waals surface area contributed by atoms with Gasteiger partial charge in [-0.25, -0.2) is 4.98 Å². The van der Waals surface area contributed by atoms with Gasteiger partial charge >= 0.3 is 0 Å². The van der Waals surface area contributed by atoms with Gasteiger partial charge in [0.25, 0.3) is 0 Å². The fourth-order valence-corrected chi connectivity index (χ4v) is 3.77. The Labute approximate surface area is 134 Å². The Bertz CT molecular complexity index is 581. The van der Waals surface area contributed by atoms with Crippen LogP contribution in [0.2, 0.25) is 0 Å². The number of thioether (sulfide) groups is 1. The van der Waals surface area contributed by atoms with E-state index in [1.807, 2.05) is 30.0 Å². The lowest BCUT2D eigenvalue weighted by Gasteiger charge is -2.08. The highest BCUT2D eigenvalue weighted by Crippen LogP contribution is 2.35. The normalized spacial score (nSPS) is 10.9. The molecule has 5 heteroatoms. The summed E-state index contributed by atoms with van der Waals surface area (Å²) in [4.78, 5) is 4.72. The Morgan fingerprint density at radius 1 is 1.24 bits per heavy atom. The summed E-state index contributed by atoms with van der Waals surface area (Å²) in [5, 5.41) is 3.13. The number of ether oxygens (including phenoxy) is 2. The maximum absolute atomic E-state index is 5.45. The second-order valence-electron chi connectivity index (χ2n) is 5.12. The summed E-state index contributed by atoms with van der Waals surface area (Å²) in [7, 11) is 3.33. The van der Waals surface area contributed by atoms with Crippen molar-refractivity contribution in [1.82, 2.24) is 4.98 Å². The molecule has 0 saturated carbocycles. The molecule has 0 aliphatic heterocycles. The molecule has 0 N–H and O–H groups in total. The van der Waals surface area contributed by atoms with Gasteiger partial charge in [-0.1, -0.05) is 13.8 Å². The number of thiazole rings is 1.